The van der Waals surface area contributed by atoms with Gasteiger partial charge in [-0.3, -0.25) is 0 Å². The molecule has 0 amide bonds. The molecule has 1 fully saturated rings. The molecule has 0 bridgehead atoms. The van der Waals surface area contributed by atoms with E-state index in [0.717, 1.165) is 5.92 Å². The molecule has 16 heavy (non-hydrogen) atoms. The summed E-state index contributed by atoms with van der Waals surface area (Å²) in [7, 11) is 0. The van der Waals surface area contributed by atoms with E-state index in [1.807, 2.05) is 26.0 Å². The van der Waals surface area contributed by atoms with E-state index < -0.39 is 0 Å². The van der Waals surface area contributed by atoms with Crippen molar-refractivity contribution in [1.82, 2.24) is 5.32 Å². The fraction of sp³-hybridized carbons (Fsp3) is 0.467. The van der Waals surface area contributed by atoms with Crippen molar-refractivity contribution in [3.8, 4) is 0 Å². The fourth-order valence-electron chi connectivity index (χ4n) is 1.88. The first-order valence-electron chi connectivity index (χ1n) is 6.21. The number of hydrogen-bond donors (Lipinski definition) is 1. The van der Waals surface area contributed by atoms with Crippen LogP contribution in [0.25, 0.3) is 0 Å². The first kappa shape index (κ1) is 13.0. The van der Waals surface area contributed by atoms with Gasteiger partial charge in [0.15, 0.2) is 0 Å². The summed E-state index contributed by atoms with van der Waals surface area (Å²) in [5, 5.41) is 3.38. The van der Waals surface area contributed by atoms with Gasteiger partial charge in [-0.15, -0.1) is 0 Å². The van der Waals surface area contributed by atoms with Crippen LogP contribution in [0.15, 0.2) is 42.5 Å². The molecule has 88 valence electrons. The monoisotopic (exact) mass is 217 g/mol. The average molecular weight is 217 g/mol. The van der Waals surface area contributed by atoms with Gasteiger partial charge < -0.3 is 5.32 Å². The molecule has 0 radical (unpaired) electrons. The van der Waals surface area contributed by atoms with E-state index in [0.29, 0.717) is 0 Å². The molecule has 0 saturated carbocycles. The average Bonchev–Trinajstić information content (AvgIpc) is 2.41. The molecule has 1 saturated heterocycles. The van der Waals surface area contributed by atoms with Gasteiger partial charge in [0.1, 0.15) is 0 Å². The van der Waals surface area contributed by atoms with Crippen LogP contribution >= 0.6 is 0 Å². The van der Waals surface area contributed by atoms with Crippen LogP contribution in [0.4, 0.5) is 0 Å². The molecular formula is C15H23N. The Balaban J connectivity index is 0.000000280. The number of rotatable bonds is 1. The Hall–Kier alpha value is -1.08. The lowest BCUT2D eigenvalue weighted by Crippen LogP contribution is -2.26. The van der Waals surface area contributed by atoms with E-state index in [-0.39, 0.29) is 0 Å². The van der Waals surface area contributed by atoms with E-state index in [9.17, 15) is 0 Å². The summed E-state index contributed by atoms with van der Waals surface area (Å²) in [5.41, 5.74) is 1.51. The van der Waals surface area contributed by atoms with Gasteiger partial charge >= 0.3 is 0 Å². The van der Waals surface area contributed by atoms with Gasteiger partial charge in [0.2, 0.25) is 0 Å². The number of benzene rings is 1. The third kappa shape index (κ3) is 4.63. The topological polar surface area (TPSA) is 12.0 Å². The highest BCUT2D eigenvalue weighted by atomic mass is 14.9. The molecule has 0 spiro atoms. The maximum atomic E-state index is 3.38. The molecule has 1 heteroatoms. The largest absolute Gasteiger partial charge is 0.317 e. The number of nitrogens with one attached hydrogen (secondary N) is 1. The molecular weight excluding hydrogens is 194 g/mol. The van der Waals surface area contributed by atoms with Crippen molar-refractivity contribution in [1.29, 1.82) is 0 Å². The predicted molar refractivity (Wildman–Crippen MR) is 71.8 cm³/mol. The molecule has 1 aromatic rings. The molecule has 0 atom stereocenters. The van der Waals surface area contributed by atoms with Gasteiger partial charge in [-0.2, -0.15) is 0 Å². The van der Waals surface area contributed by atoms with Crippen LogP contribution < -0.4 is 5.32 Å². The molecule has 1 N–H and O–H groups in total. The van der Waals surface area contributed by atoms with Gasteiger partial charge in [-0.25, -0.2) is 0 Å². The highest BCUT2D eigenvalue weighted by Crippen LogP contribution is 2.24. The van der Waals surface area contributed by atoms with Gasteiger partial charge in [0.25, 0.3) is 0 Å². The van der Waals surface area contributed by atoms with Crippen molar-refractivity contribution in [2.45, 2.75) is 32.6 Å². The van der Waals surface area contributed by atoms with Crippen molar-refractivity contribution in [3.63, 3.8) is 0 Å². The molecule has 1 heterocycles. The Morgan fingerprint density at radius 3 is 2.06 bits per heavy atom. The maximum Gasteiger partial charge on any atom is -0.00431 e. The van der Waals surface area contributed by atoms with Crippen LogP contribution in [0.3, 0.4) is 0 Å². The molecule has 0 unspecified atom stereocenters. The minimum absolute atomic E-state index is 0.799. The van der Waals surface area contributed by atoms with E-state index in [2.05, 4.69) is 35.6 Å². The van der Waals surface area contributed by atoms with E-state index >= 15 is 0 Å². The zero-order valence-corrected chi connectivity index (χ0v) is 10.4. The Kier molecular flexibility index (Phi) is 6.59. The SMILES string of the molecule is C/C=C\C.c1ccc(C2CCNCC2)cc1. The summed E-state index contributed by atoms with van der Waals surface area (Å²) >= 11 is 0. The van der Waals surface area contributed by atoms with Crippen LogP contribution in [-0.4, -0.2) is 13.1 Å². The third-order valence-corrected chi connectivity index (χ3v) is 2.94. The van der Waals surface area contributed by atoms with Gasteiger partial charge in [-0.1, -0.05) is 42.5 Å². The lowest BCUT2D eigenvalue weighted by atomic mass is 9.90. The minimum atomic E-state index is 0.799. The summed E-state index contributed by atoms with van der Waals surface area (Å²) in [6, 6.07) is 10.9. The summed E-state index contributed by atoms with van der Waals surface area (Å²) in [4.78, 5) is 0. The summed E-state index contributed by atoms with van der Waals surface area (Å²) in [6.07, 6.45) is 6.59. The zero-order valence-electron chi connectivity index (χ0n) is 10.4. The smallest absolute Gasteiger partial charge is 0.00431 e. The molecule has 1 aromatic carbocycles. The molecule has 0 aromatic heterocycles. The van der Waals surface area contributed by atoms with Gasteiger partial charge in [0, 0.05) is 0 Å². The van der Waals surface area contributed by atoms with E-state index in [1.165, 1.54) is 31.5 Å². The molecule has 1 aliphatic heterocycles. The Bertz CT molecular complexity index is 280. The lowest BCUT2D eigenvalue weighted by molar-refractivity contribution is 0.460. The number of piperidine rings is 1. The van der Waals surface area contributed by atoms with Crippen LogP contribution in [0.2, 0.25) is 0 Å². The van der Waals surface area contributed by atoms with Crippen molar-refractivity contribution in [2.75, 3.05) is 13.1 Å². The third-order valence-electron chi connectivity index (χ3n) is 2.94. The van der Waals surface area contributed by atoms with Crippen LogP contribution in [0, 0.1) is 0 Å². The van der Waals surface area contributed by atoms with Gasteiger partial charge in [-0.05, 0) is 51.3 Å². The van der Waals surface area contributed by atoms with Crippen LogP contribution in [0.1, 0.15) is 38.2 Å². The normalized spacial score (nSPS) is 16.9. The second-order valence-corrected chi connectivity index (χ2v) is 4.10. The van der Waals surface area contributed by atoms with Crippen molar-refractivity contribution in [3.05, 3.63) is 48.0 Å². The second-order valence-electron chi connectivity index (χ2n) is 4.10. The first-order valence-corrected chi connectivity index (χ1v) is 6.21. The first-order chi connectivity index (χ1) is 7.88. The quantitative estimate of drug-likeness (QED) is 0.707. The Morgan fingerprint density at radius 2 is 1.56 bits per heavy atom. The van der Waals surface area contributed by atoms with E-state index in [1.54, 1.807) is 0 Å². The number of allylic oxidation sites excluding steroid dienone is 2. The second kappa shape index (κ2) is 8.12. The lowest BCUT2D eigenvalue weighted by Gasteiger charge is -2.22. The van der Waals surface area contributed by atoms with E-state index in [4.69, 9.17) is 0 Å². The maximum absolute atomic E-state index is 3.38. The predicted octanol–water partition coefficient (Wildman–Crippen LogP) is 3.74. The van der Waals surface area contributed by atoms with Crippen LogP contribution in [-0.2, 0) is 0 Å². The highest BCUT2D eigenvalue weighted by Gasteiger charge is 2.13. The summed E-state index contributed by atoms with van der Waals surface area (Å²) in [5.74, 6) is 0.799. The number of hydrogen-bond acceptors (Lipinski definition) is 1. The van der Waals surface area contributed by atoms with Crippen molar-refractivity contribution < 1.29 is 0 Å². The molecule has 2 rings (SSSR count). The minimum Gasteiger partial charge on any atom is -0.317 e. The van der Waals surface area contributed by atoms with Crippen molar-refractivity contribution in [2.24, 2.45) is 0 Å². The Morgan fingerprint density at radius 1 is 1.00 bits per heavy atom. The molecule has 0 aliphatic carbocycles. The summed E-state index contributed by atoms with van der Waals surface area (Å²) in [6.45, 7) is 6.36. The van der Waals surface area contributed by atoms with Crippen molar-refractivity contribution >= 4 is 0 Å². The standard InChI is InChI=1S/C11H15N.C4H8/c1-2-4-10(5-3-1)11-6-8-12-9-7-11;1-3-4-2/h1-5,11-12H,6-9H2;3-4H,1-2H3/b;4-3-. The summed E-state index contributed by atoms with van der Waals surface area (Å²) < 4.78 is 0. The highest BCUT2D eigenvalue weighted by molar-refractivity contribution is 5.19. The fourth-order valence-corrected chi connectivity index (χ4v) is 1.88. The molecule has 1 aliphatic rings. The van der Waals surface area contributed by atoms with Gasteiger partial charge in [0.05, 0.1) is 0 Å². The Labute approximate surface area is 99.6 Å². The molecule has 1 nitrogen and oxygen atoms in total. The van der Waals surface area contributed by atoms with Crippen LogP contribution in [0.5, 0.6) is 0 Å². The zero-order chi connectivity index (χ0) is 11.6.